The van der Waals surface area contributed by atoms with E-state index in [4.69, 9.17) is 4.74 Å². The maximum atomic E-state index is 13.5. The van der Waals surface area contributed by atoms with E-state index in [1.165, 1.54) is 5.56 Å². The van der Waals surface area contributed by atoms with Crippen molar-refractivity contribution in [1.82, 2.24) is 14.7 Å². The number of piperazine rings is 1. The van der Waals surface area contributed by atoms with Gasteiger partial charge in [0.2, 0.25) is 0 Å². The van der Waals surface area contributed by atoms with Crippen LogP contribution in [0.15, 0.2) is 91.3 Å². The van der Waals surface area contributed by atoms with Gasteiger partial charge in [-0.2, -0.15) is 5.10 Å². The molecule has 3 aromatic carbocycles. The molecule has 0 saturated carbocycles. The lowest BCUT2D eigenvalue weighted by Gasteiger charge is -2.36. The quantitative estimate of drug-likeness (QED) is 0.430. The zero-order valence-corrected chi connectivity index (χ0v) is 19.3. The molecule has 1 saturated heterocycles. The van der Waals surface area contributed by atoms with E-state index in [0.717, 1.165) is 47.8 Å². The van der Waals surface area contributed by atoms with Gasteiger partial charge in [0.15, 0.2) is 0 Å². The van der Waals surface area contributed by atoms with Crippen molar-refractivity contribution in [3.63, 3.8) is 0 Å². The lowest BCUT2D eigenvalue weighted by Crippen LogP contribution is -2.48. The van der Waals surface area contributed by atoms with Crippen LogP contribution < -0.4 is 9.64 Å². The lowest BCUT2D eigenvalue weighted by atomic mass is 9.97. The van der Waals surface area contributed by atoms with Gasteiger partial charge in [-0.25, -0.2) is 0 Å². The number of carbonyl (C=O) groups excluding carboxylic acids is 1. The molecule has 34 heavy (non-hydrogen) atoms. The summed E-state index contributed by atoms with van der Waals surface area (Å²) in [6.07, 6.45) is 3.74. The minimum atomic E-state index is 0.0847. The van der Waals surface area contributed by atoms with Crippen molar-refractivity contribution >= 4 is 11.6 Å². The number of hydrogen-bond acceptors (Lipinski definition) is 4. The Morgan fingerprint density at radius 3 is 2.44 bits per heavy atom. The van der Waals surface area contributed by atoms with Gasteiger partial charge in [0.1, 0.15) is 5.75 Å². The van der Waals surface area contributed by atoms with E-state index in [1.807, 2.05) is 64.3 Å². The molecule has 0 unspecified atom stereocenters. The lowest BCUT2D eigenvalue weighted by molar-refractivity contribution is 0.0747. The van der Waals surface area contributed by atoms with Crippen LogP contribution in [0, 0.1) is 0 Å². The highest BCUT2D eigenvalue weighted by Gasteiger charge is 2.24. The maximum absolute atomic E-state index is 13.5. The summed E-state index contributed by atoms with van der Waals surface area (Å²) in [5, 5.41) is 4.27. The predicted molar refractivity (Wildman–Crippen MR) is 134 cm³/mol. The van der Waals surface area contributed by atoms with Crippen LogP contribution >= 0.6 is 0 Å². The zero-order valence-electron chi connectivity index (χ0n) is 19.3. The first-order valence-electron chi connectivity index (χ1n) is 11.6. The Kier molecular flexibility index (Phi) is 6.29. The summed E-state index contributed by atoms with van der Waals surface area (Å²) in [6.45, 7) is 3.69. The van der Waals surface area contributed by atoms with Gasteiger partial charge in [0.05, 0.1) is 13.7 Å². The predicted octanol–water partition coefficient (Wildman–Crippen LogP) is 4.57. The Balaban J connectivity index is 1.29. The van der Waals surface area contributed by atoms with Gasteiger partial charge in [-0.15, -0.1) is 0 Å². The average molecular weight is 453 g/mol. The second-order valence-corrected chi connectivity index (χ2v) is 8.43. The molecule has 0 aliphatic carbocycles. The molecule has 2 heterocycles. The maximum Gasteiger partial charge on any atom is 0.254 e. The van der Waals surface area contributed by atoms with Crippen LogP contribution in [-0.2, 0) is 6.54 Å². The third kappa shape index (κ3) is 4.66. The summed E-state index contributed by atoms with van der Waals surface area (Å²) in [7, 11) is 1.68. The summed E-state index contributed by atoms with van der Waals surface area (Å²) in [5.74, 6) is 0.932. The molecule has 1 fully saturated rings. The minimum Gasteiger partial charge on any atom is -0.497 e. The molecule has 172 valence electrons. The SMILES string of the molecule is COc1cccc(N2CCN(C(=O)c3ccccc3-c3ccc(Cn4cccn4)cc3)CC2)c1. The third-order valence-electron chi connectivity index (χ3n) is 6.31. The van der Waals surface area contributed by atoms with Crippen molar-refractivity contribution in [3.8, 4) is 16.9 Å². The third-order valence-corrected chi connectivity index (χ3v) is 6.31. The summed E-state index contributed by atoms with van der Waals surface area (Å²) >= 11 is 0. The second-order valence-electron chi connectivity index (χ2n) is 8.43. The number of hydrogen-bond donors (Lipinski definition) is 0. The van der Waals surface area contributed by atoms with E-state index in [2.05, 4.69) is 40.3 Å². The van der Waals surface area contributed by atoms with E-state index in [1.54, 1.807) is 13.3 Å². The smallest absolute Gasteiger partial charge is 0.254 e. The highest BCUT2D eigenvalue weighted by molar-refractivity contribution is 6.01. The normalized spacial score (nSPS) is 13.7. The number of anilines is 1. The highest BCUT2D eigenvalue weighted by Crippen LogP contribution is 2.27. The van der Waals surface area contributed by atoms with Crippen LogP contribution in [0.3, 0.4) is 0 Å². The van der Waals surface area contributed by atoms with Crippen LogP contribution in [0.2, 0.25) is 0 Å². The molecule has 1 aliphatic heterocycles. The number of carbonyl (C=O) groups is 1. The Morgan fingerprint density at radius 1 is 0.912 bits per heavy atom. The van der Waals surface area contributed by atoms with E-state index in [9.17, 15) is 4.79 Å². The molecule has 6 heteroatoms. The summed E-state index contributed by atoms with van der Waals surface area (Å²) in [4.78, 5) is 17.8. The molecule has 0 atom stereocenters. The molecule has 0 spiro atoms. The number of amides is 1. The first-order valence-corrected chi connectivity index (χ1v) is 11.6. The summed E-state index contributed by atoms with van der Waals surface area (Å²) in [6, 6.07) is 26.3. The first-order chi connectivity index (χ1) is 16.7. The Bertz CT molecular complexity index is 1240. The van der Waals surface area contributed by atoms with Crippen molar-refractivity contribution in [2.75, 3.05) is 38.2 Å². The van der Waals surface area contributed by atoms with Crippen LogP contribution in [0.1, 0.15) is 15.9 Å². The number of aromatic nitrogens is 2. The summed E-state index contributed by atoms with van der Waals surface area (Å²) < 4.78 is 7.26. The monoisotopic (exact) mass is 452 g/mol. The first kappa shape index (κ1) is 21.8. The highest BCUT2D eigenvalue weighted by atomic mass is 16.5. The Morgan fingerprint density at radius 2 is 1.71 bits per heavy atom. The minimum absolute atomic E-state index is 0.0847. The topological polar surface area (TPSA) is 50.6 Å². The number of nitrogens with zero attached hydrogens (tertiary/aromatic N) is 4. The van der Waals surface area contributed by atoms with Crippen molar-refractivity contribution in [1.29, 1.82) is 0 Å². The number of rotatable bonds is 6. The molecule has 1 amide bonds. The number of ether oxygens (including phenoxy) is 1. The fraction of sp³-hybridized carbons (Fsp3) is 0.214. The van der Waals surface area contributed by atoms with Gasteiger partial charge < -0.3 is 14.5 Å². The second kappa shape index (κ2) is 9.83. The van der Waals surface area contributed by atoms with Crippen molar-refractivity contribution in [3.05, 3.63) is 102 Å². The van der Waals surface area contributed by atoms with Crippen molar-refractivity contribution in [2.24, 2.45) is 0 Å². The Hall–Kier alpha value is -4.06. The van der Waals surface area contributed by atoms with Gasteiger partial charge in [0, 0.05) is 55.9 Å². The van der Waals surface area contributed by atoms with E-state index < -0.39 is 0 Å². The molecular weight excluding hydrogens is 424 g/mol. The molecule has 0 N–H and O–H groups in total. The number of methoxy groups -OCH3 is 1. The fourth-order valence-electron chi connectivity index (χ4n) is 4.44. The molecule has 0 bridgehead atoms. The zero-order chi connectivity index (χ0) is 23.3. The van der Waals surface area contributed by atoms with Gasteiger partial charge in [-0.1, -0.05) is 48.5 Å². The molecular formula is C28H28N4O2. The molecule has 0 radical (unpaired) electrons. The van der Waals surface area contributed by atoms with Crippen LogP contribution in [0.5, 0.6) is 5.75 Å². The van der Waals surface area contributed by atoms with Crippen LogP contribution in [0.25, 0.3) is 11.1 Å². The van der Waals surface area contributed by atoms with E-state index in [0.29, 0.717) is 13.1 Å². The van der Waals surface area contributed by atoms with E-state index >= 15 is 0 Å². The van der Waals surface area contributed by atoms with Crippen molar-refractivity contribution < 1.29 is 9.53 Å². The van der Waals surface area contributed by atoms with Gasteiger partial charge >= 0.3 is 0 Å². The average Bonchev–Trinajstić information content (AvgIpc) is 3.42. The van der Waals surface area contributed by atoms with Gasteiger partial charge in [-0.05, 0) is 41.0 Å². The largest absolute Gasteiger partial charge is 0.497 e. The van der Waals surface area contributed by atoms with Gasteiger partial charge in [-0.3, -0.25) is 9.48 Å². The molecule has 4 aromatic rings. The van der Waals surface area contributed by atoms with Gasteiger partial charge in [0.25, 0.3) is 5.91 Å². The Labute approximate surface area is 200 Å². The standard InChI is InChI=1S/C28H28N4O2/c1-34-25-7-4-6-24(20-25)30-16-18-31(19-17-30)28(33)27-9-3-2-8-26(27)23-12-10-22(11-13-23)21-32-15-5-14-29-32/h2-15,20H,16-19,21H2,1H3. The number of benzene rings is 3. The van der Waals surface area contributed by atoms with Crippen LogP contribution in [-0.4, -0.2) is 53.9 Å². The van der Waals surface area contributed by atoms with E-state index in [-0.39, 0.29) is 5.91 Å². The van der Waals surface area contributed by atoms with Crippen molar-refractivity contribution in [2.45, 2.75) is 6.54 Å². The molecule has 6 nitrogen and oxygen atoms in total. The summed E-state index contributed by atoms with van der Waals surface area (Å²) in [5.41, 5.74) is 5.06. The van der Waals surface area contributed by atoms with Crippen LogP contribution in [0.4, 0.5) is 5.69 Å². The fourth-order valence-corrected chi connectivity index (χ4v) is 4.44. The molecule has 5 rings (SSSR count). The molecule has 1 aromatic heterocycles. The molecule has 1 aliphatic rings.